The van der Waals surface area contributed by atoms with Crippen molar-refractivity contribution in [3.8, 4) is 5.75 Å². The van der Waals surface area contributed by atoms with Crippen molar-refractivity contribution in [2.45, 2.75) is 12.8 Å². The Balaban J connectivity index is 1.61. The molecule has 0 spiro atoms. The third kappa shape index (κ3) is 5.08. The second-order valence-corrected chi connectivity index (χ2v) is 6.49. The normalized spacial score (nSPS) is 15.4. The molecule has 0 aromatic heterocycles. The number of amides is 2. The molecule has 0 radical (unpaired) electrons. The first-order valence-electron chi connectivity index (χ1n) is 9.06. The van der Waals surface area contributed by atoms with Gasteiger partial charge in [0.05, 0.1) is 5.92 Å². The minimum Gasteiger partial charge on any atom is -0.492 e. The van der Waals surface area contributed by atoms with Gasteiger partial charge in [-0.2, -0.15) is 0 Å². The fraction of sp³-hybridized carbons (Fsp3) is 0.333. The minimum atomic E-state index is -0.236. The number of hydrogen-bond acceptors (Lipinski definition) is 4. The Morgan fingerprint density at radius 1 is 1.19 bits per heavy atom. The molecule has 6 nitrogen and oxygen atoms in total. The molecule has 2 aromatic rings. The highest BCUT2D eigenvalue weighted by Crippen LogP contribution is 2.30. The lowest BCUT2D eigenvalue weighted by Gasteiger charge is -2.25. The molecular formula is C21H24N2O4. The lowest BCUT2D eigenvalue weighted by atomic mass is 9.95. The largest absolute Gasteiger partial charge is 0.492 e. The van der Waals surface area contributed by atoms with Gasteiger partial charge in [-0.25, -0.2) is 0 Å². The third-order valence-electron chi connectivity index (χ3n) is 4.46. The number of carbonyl (C=O) groups excluding carboxylic acids is 2. The standard InChI is InChI=1S/C21H24N2O4/c1-26-11-5-10-22-20(24)17-12-16-13-18(8-9-19(16)27-14-17)23-21(25)15-6-3-2-4-7-15/h2-4,6-9,13,17H,5,10-12,14H2,1H3,(H,22,24)(H,23,25)/t17-/m0/s1. The zero-order chi connectivity index (χ0) is 19.1. The van der Waals surface area contributed by atoms with E-state index in [9.17, 15) is 9.59 Å². The Labute approximate surface area is 158 Å². The van der Waals surface area contributed by atoms with Gasteiger partial charge in [0.25, 0.3) is 5.91 Å². The highest BCUT2D eigenvalue weighted by molar-refractivity contribution is 6.04. The average Bonchev–Trinajstić information content (AvgIpc) is 2.71. The number of anilines is 1. The maximum Gasteiger partial charge on any atom is 0.255 e. The second kappa shape index (κ2) is 9.19. The molecule has 0 fully saturated rings. The Morgan fingerprint density at radius 2 is 2.00 bits per heavy atom. The molecule has 1 heterocycles. The van der Waals surface area contributed by atoms with Gasteiger partial charge in [0.1, 0.15) is 12.4 Å². The molecule has 2 N–H and O–H groups in total. The van der Waals surface area contributed by atoms with Gasteiger partial charge in [0.2, 0.25) is 5.91 Å². The van der Waals surface area contributed by atoms with Crippen LogP contribution in [0.4, 0.5) is 5.69 Å². The summed E-state index contributed by atoms with van der Waals surface area (Å²) < 4.78 is 10.7. The molecule has 0 saturated carbocycles. The van der Waals surface area contributed by atoms with E-state index in [1.54, 1.807) is 19.2 Å². The monoisotopic (exact) mass is 368 g/mol. The number of fused-ring (bicyclic) bond motifs is 1. The van der Waals surface area contributed by atoms with Crippen LogP contribution in [-0.4, -0.2) is 38.7 Å². The van der Waals surface area contributed by atoms with Crippen molar-refractivity contribution in [3.63, 3.8) is 0 Å². The number of benzene rings is 2. The summed E-state index contributed by atoms with van der Waals surface area (Å²) in [6.07, 6.45) is 1.36. The zero-order valence-corrected chi connectivity index (χ0v) is 15.4. The van der Waals surface area contributed by atoms with Crippen LogP contribution in [0.1, 0.15) is 22.3 Å². The SMILES string of the molecule is COCCCNC(=O)[C@@H]1COc2ccc(NC(=O)c3ccccc3)cc2C1. The molecule has 27 heavy (non-hydrogen) atoms. The average molecular weight is 368 g/mol. The van der Waals surface area contributed by atoms with E-state index in [0.717, 1.165) is 17.7 Å². The third-order valence-corrected chi connectivity index (χ3v) is 4.46. The van der Waals surface area contributed by atoms with Gasteiger partial charge in [0.15, 0.2) is 0 Å². The van der Waals surface area contributed by atoms with Crippen molar-refractivity contribution in [3.05, 3.63) is 59.7 Å². The molecule has 2 aromatic carbocycles. The van der Waals surface area contributed by atoms with Gasteiger partial charge in [-0.05, 0) is 48.7 Å². The molecular weight excluding hydrogens is 344 g/mol. The topological polar surface area (TPSA) is 76.7 Å². The van der Waals surface area contributed by atoms with Crippen LogP contribution >= 0.6 is 0 Å². The number of rotatable bonds is 7. The molecule has 6 heteroatoms. The van der Waals surface area contributed by atoms with Crippen molar-refractivity contribution in [1.82, 2.24) is 5.32 Å². The maximum absolute atomic E-state index is 12.3. The molecule has 0 saturated heterocycles. The quantitative estimate of drug-likeness (QED) is 0.737. The van der Waals surface area contributed by atoms with Crippen LogP contribution in [0, 0.1) is 5.92 Å². The summed E-state index contributed by atoms with van der Waals surface area (Å²) in [6, 6.07) is 14.6. The van der Waals surface area contributed by atoms with Crippen LogP contribution in [0.5, 0.6) is 5.75 Å². The summed E-state index contributed by atoms with van der Waals surface area (Å²) >= 11 is 0. The fourth-order valence-electron chi connectivity index (χ4n) is 3.01. The van der Waals surface area contributed by atoms with E-state index in [-0.39, 0.29) is 17.7 Å². The van der Waals surface area contributed by atoms with Crippen molar-refractivity contribution in [2.75, 3.05) is 32.2 Å². The van der Waals surface area contributed by atoms with Crippen LogP contribution in [0.15, 0.2) is 48.5 Å². The summed E-state index contributed by atoms with van der Waals surface area (Å²) in [6.45, 7) is 1.57. The van der Waals surface area contributed by atoms with Crippen molar-refractivity contribution in [1.29, 1.82) is 0 Å². The van der Waals surface area contributed by atoms with Crippen LogP contribution in [0.2, 0.25) is 0 Å². The van der Waals surface area contributed by atoms with E-state index in [0.29, 0.717) is 37.4 Å². The highest BCUT2D eigenvalue weighted by Gasteiger charge is 2.26. The Kier molecular flexibility index (Phi) is 6.44. The predicted molar refractivity (Wildman–Crippen MR) is 103 cm³/mol. The maximum atomic E-state index is 12.3. The number of carbonyl (C=O) groups is 2. The van der Waals surface area contributed by atoms with Crippen LogP contribution in [0.25, 0.3) is 0 Å². The van der Waals surface area contributed by atoms with Crippen LogP contribution < -0.4 is 15.4 Å². The van der Waals surface area contributed by atoms with E-state index in [2.05, 4.69) is 10.6 Å². The van der Waals surface area contributed by atoms with Crippen molar-refractivity contribution in [2.24, 2.45) is 5.92 Å². The highest BCUT2D eigenvalue weighted by atomic mass is 16.5. The molecule has 1 aliphatic heterocycles. The Bertz CT molecular complexity index is 792. The number of hydrogen-bond donors (Lipinski definition) is 2. The van der Waals surface area contributed by atoms with Gasteiger partial charge >= 0.3 is 0 Å². The van der Waals surface area contributed by atoms with Crippen LogP contribution in [-0.2, 0) is 16.0 Å². The van der Waals surface area contributed by atoms with E-state index < -0.39 is 0 Å². The molecule has 3 rings (SSSR count). The van der Waals surface area contributed by atoms with Crippen molar-refractivity contribution < 1.29 is 19.1 Å². The van der Waals surface area contributed by atoms with E-state index in [1.165, 1.54) is 0 Å². The second-order valence-electron chi connectivity index (χ2n) is 6.49. The molecule has 142 valence electrons. The molecule has 2 amide bonds. The van der Waals surface area contributed by atoms with E-state index in [4.69, 9.17) is 9.47 Å². The first-order chi connectivity index (χ1) is 13.2. The van der Waals surface area contributed by atoms with E-state index in [1.807, 2.05) is 36.4 Å². The summed E-state index contributed by atoms with van der Waals surface area (Å²) in [7, 11) is 1.64. The van der Waals surface area contributed by atoms with Crippen molar-refractivity contribution >= 4 is 17.5 Å². The molecule has 1 aliphatic rings. The van der Waals surface area contributed by atoms with Crippen LogP contribution in [0.3, 0.4) is 0 Å². The summed E-state index contributed by atoms with van der Waals surface area (Å²) in [5.74, 6) is 0.339. The molecule has 0 bridgehead atoms. The summed E-state index contributed by atoms with van der Waals surface area (Å²) in [5, 5.41) is 5.81. The molecule has 0 unspecified atom stereocenters. The lowest BCUT2D eigenvalue weighted by molar-refractivity contribution is -0.126. The van der Waals surface area contributed by atoms with Gasteiger partial charge in [-0.3, -0.25) is 9.59 Å². The van der Waals surface area contributed by atoms with E-state index >= 15 is 0 Å². The van der Waals surface area contributed by atoms with Gasteiger partial charge < -0.3 is 20.1 Å². The lowest BCUT2D eigenvalue weighted by Crippen LogP contribution is -2.38. The number of nitrogens with one attached hydrogen (secondary N) is 2. The number of ether oxygens (including phenoxy) is 2. The first kappa shape index (κ1) is 18.9. The van der Waals surface area contributed by atoms with Gasteiger partial charge in [-0.15, -0.1) is 0 Å². The first-order valence-corrected chi connectivity index (χ1v) is 9.06. The molecule has 1 atom stereocenters. The fourth-order valence-corrected chi connectivity index (χ4v) is 3.01. The number of methoxy groups -OCH3 is 1. The summed E-state index contributed by atoms with van der Waals surface area (Å²) in [5.41, 5.74) is 2.20. The minimum absolute atomic E-state index is 0.0181. The Hall–Kier alpha value is -2.86. The zero-order valence-electron chi connectivity index (χ0n) is 15.4. The van der Waals surface area contributed by atoms with Gasteiger partial charge in [0, 0.05) is 31.5 Å². The Morgan fingerprint density at radius 3 is 2.78 bits per heavy atom. The predicted octanol–water partition coefficient (Wildman–Crippen LogP) is 2.64. The summed E-state index contributed by atoms with van der Waals surface area (Å²) in [4.78, 5) is 24.6. The molecule has 0 aliphatic carbocycles. The van der Waals surface area contributed by atoms with Gasteiger partial charge in [-0.1, -0.05) is 18.2 Å². The smallest absolute Gasteiger partial charge is 0.255 e.